The van der Waals surface area contributed by atoms with Crippen LogP contribution in [-0.2, 0) is 6.54 Å². The maximum absolute atomic E-state index is 13.7. The van der Waals surface area contributed by atoms with Crippen molar-refractivity contribution in [2.24, 2.45) is 0 Å². The van der Waals surface area contributed by atoms with E-state index in [0.29, 0.717) is 18.7 Å². The zero-order valence-corrected chi connectivity index (χ0v) is 13.7. The zero-order valence-electron chi connectivity index (χ0n) is 13.7. The Morgan fingerprint density at radius 3 is 2.28 bits per heavy atom. The number of piperidine rings is 1. The summed E-state index contributed by atoms with van der Waals surface area (Å²) in [4.78, 5) is 14.2. The van der Waals surface area contributed by atoms with E-state index in [4.69, 9.17) is 0 Å². The highest BCUT2D eigenvalue weighted by atomic mass is 19.1. The lowest BCUT2D eigenvalue weighted by Crippen LogP contribution is -2.44. The Kier molecular flexibility index (Phi) is 5.28. The minimum atomic E-state index is -0.525. The fourth-order valence-electron chi connectivity index (χ4n) is 3.02. The molecule has 1 aliphatic rings. The highest BCUT2D eigenvalue weighted by Crippen LogP contribution is 2.19. The van der Waals surface area contributed by atoms with Gasteiger partial charge in [0.05, 0.1) is 0 Å². The third-order valence-corrected chi connectivity index (χ3v) is 4.50. The van der Waals surface area contributed by atoms with Crippen molar-refractivity contribution < 1.29 is 18.7 Å². The summed E-state index contributed by atoms with van der Waals surface area (Å²) < 4.78 is 27.5. The number of carbonyl (C=O) groups excluding carboxylic acids is 1. The number of nitrogens with one attached hydrogen (secondary N) is 1. The molecule has 0 aliphatic carbocycles. The van der Waals surface area contributed by atoms with Crippen LogP contribution in [0.25, 0.3) is 0 Å². The average Bonchev–Trinajstić information content (AvgIpc) is 2.60. The van der Waals surface area contributed by atoms with E-state index in [2.05, 4.69) is 5.32 Å². The van der Waals surface area contributed by atoms with E-state index in [1.165, 1.54) is 30.3 Å². The van der Waals surface area contributed by atoms with Crippen molar-refractivity contribution in [3.05, 3.63) is 65.2 Å². The molecule has 0 bridgehead atoms. The van der Waals surface area contributed by atoms with Crippen LogP contribution in [-0.4, -0.2) is 35.0 Å². The number of hydrogen-bond donors (Lipinski definition) is 2. The first-order valence-corrected chi connectivity index (χ1v) is 8.28. The fourth-order valence-corrected chi connectivity index (χ4v) is 3.02. The second-order valence-electron chi connectivity index (χ2n) is 6.27. The van der Waals surface area contributed by atoms with Crippen molar-refractivity contribution in [3.8, 4) is 5.75 Å². The number of aromatic hydroxyl groups is 1. The summed E-state index contributed by atoms with van der Waals surface area (Å²) in [7, 11) is 0. The van der Waals surface area contributed by atoms with E-state index < -0.39 is 11.6 Å². The second-order valence-corrected chi connectivity index (χ2v) is 6.27. The van der Waals surface area contributed by atoms with Crippen LogP contribution in [0.2, 0.25) is 0 Å². The predicted octanol–water partition coefficient (Wildman–Crippen LogP) is 3.06. The summed E-state index contributed by atoms with van der Waals surface area (Å²) in [6, 6.07) is 10.0. The Bertz CT molecular complexity index is 721. The molecule has 6 heteroatoms. The van der Waals surface area contributed by atoms with Crippen molar-refractivity contribution in [3.63, 3.8) is 0 Å². The lowest BCUT2D eigenvalue weighted by molar-refractivity contribution is 0.0908. The topological polar surface area (TPSA) is 52.6 Å². The Labute approximate surface area is 145 Å². The van der Waals surface area contributed by atoms with Gasteiger partial charge in [-0.15, -0.1) is 0 Å². The molecular formula is C19H20F2N2O2. The first-order chi connectivity index (χ1) is 12.0. The third-order valence-electron chi connectivity index (χ3n) is 4.50. The number of phenolic OH excluding ortho intramolecular Hbond substituents is 1. The van der Waals surface area contributed by atoms with E-state index in [9.17, 15) is 18.7 Å². The fraction of sp³-hybridized carbons (Fsp3) is 0.316. The molecule has 2 aromatic rings. The summed E-state index contributed by atoms with van der Waals surface area (Å²) in [5.74, 6) is -1.12. The molecule has 1 fully saturated rings. The van der Waals surface area contributed by atoms with Gasteiger partial charge in [0.25, 0.3) is 5.91 Å². The van der Waals surface area contributed by atoms with Crippen LogP contribution in [0.4, 0.5) is 8.78 Å². The van der Waals surface area contributed by atoms with Gasteiger partial charge >= 0.3 is 0 Å². The lowest BCUT2D eigenvalue weighted by Gasteiger charge is -2.32. The maximum atomic E-state index is 13.7. The molecule has 0 atom stereocenters. The molecule has 0 unspecified atom stereocenters. The molecule has 2 aromatic carbocycles. The molecule has 1 heterocycles. The van der Waals surface area contributed by atoms with Crippen LogP contribution < -0.4 is 5.32 Å². The van der Waals surface area contributed by atoms with Crippen molar-refractivity contribution in [1.29, 1.82) is 0 Å². The molecule has 1 amide bonds. The Balaban J connectivity index is 1.52. The second kappa shape index (κ2) is 7.61. The number of likely N-dealkylation sites (tertiary alicyclic amines) is 1. The van der Waals surface area contributed by atoms with Crippen LogP contribution in [0.15, 0.2) is 42.5 Å². The monoisotopic (exact) mass is 346 g/mol. The molecule has 0 radical (unpaired) electrons. The van der Waals surface area contributed by atoms with Crippen LogP contribution in [0, 0.1) is 11.6 Å². The molecule has 132 valence electrons. The van der Waals surface area contributed by atoms with Crippen LogP contribution in [0.5, 0.6) is 5.75 Å². The predicted molar refractivity (Wildman–Crippen MR) is 90.2 cm³/mol. The van der Waals surface area contributed by atoms with Crippen molar-refractivity contribution in [2.75, 3.05) is 13.1 Å². The smallest absolute Gasteiger partial charge is 0.251 e. The van der Waals surface area contributed by atoms with Gasteiger partial charge in [-0.3, -0.25) is 9.69 Å². The van der Waals surface area contributed by atoms with Crippen molar-refractivity contribution in [2.45, 2.75) is 25.4 Å². The Morgan fingerprint density at radius 2 is 1.68 bits per heavy atom. The number of hydrogen-bond acceptors (Lipinski definition) is 3. The highest BCUT2D eigenvalue weighted by molar-refractivity contribution is 5.94. The highest BCUT2D eigenvalue weighted by Gasteiger charge is 2.22. The average molecular weight is 346 g/mol. The first-order valence-electron chi connectivity index (χ1n) is 8.28. The van der Waals surface area contributed by atoms with Gasteiger partial charge < -0.3 is 10.4 Å². The van der Waals surface area contributed by atoms with Crippen LogP contribution in [0.3, 0.4) is 0 Å². The number of carbonyl (C=O) groups is 1. The molecule has 0 spiro atoms. The van der Waals surface area contributed by atoms with E-state index in [0.717, 1.165) is 12.8 Å². The summed E-state index contributed by atoms with van der Waals surface area (Å²) in [6.45, 7) is 1.56. The van der Waals surface area contributed by atoms with E-state index in [1.807, 2.05) is 4.90 Å². The number of phenols is 1. The van der Waals surface area contributed by atoms with Gasteiger partial charge in [-0.25, -0.2) is 8.78 Å². The quantitative estimate of drug-likeness (QED) is 0.895. The summed E-state index contributed by atoms with van der Waals surface area (Å²) in [5.41, 5.74) is 0.586. The Morgan fingerprint density at radius 1 is 1.08 bits per heavy atom. The van der Waals surface area contributed by atoms with Crippen molar-refractivity contribution >= 4 is 5.91 Å². The van der Waals surface area contributed by atoms with E-state index in [-0.39, 0.29) is 29.8 Å². The normalized spacial score (nSPS) is 15.9. The van der Waals surface area contributed by atoms with Gasteiger partial charge in [-0.2, -0.15) is 0 Å². The molecule has 4 nitrogen and oxygen atoms in total. The zero-order chi connectivity index (χ0) is 17.8. The SMILES string of the molecule is O=C(NC1CCN(Cc2c(F)cccc2F)CC1)c1ccc(O)cc1. The molecule has 0 saturated carbocycles. The van der Waals surface area contributed by atoms with Crippen LogP contribution in [0.1, 0.15) is 28.8 Å². The largest absolute Gasteiger partial charge is 0.508 e. The number of benzene rings is 2. The lowest BCUT2D eigenvalue weighted by atomic mass is 10.0. The van der Waals surface area contributed by atoms with Crippen molar-refractivity contribution in [1.82, 2.24) is 10.2 Å². The van der Waals surface area contributed by atoms with Crippen LogP contribution >= 0.6 is 0 Å². The summed E-state index contributed by atoms with van der Waals surface area (Å²) in [6.07, 6.45) is 1.44. The molecule has 2 N–H and O–H groups in total. The third kappa shape index (κ3) is 4.33. The standard InChI is InChI=1S/C19H20F2N2O2/c20-17-2-1-3-18(21)16(17)12-23-10-8-14(9-11-23)22-19(25)13-4-6-15(24)7-5-13/h1-7,14,24H,8-12H2,(H,22,25). The molecule has 25 heavy (non-hydrogen) atoms. The van der Waals surface area contributed by atoms with E-state index in [1.54, 1.807) is 12.1 Å². The minimum absolute atomic E-state index is 0.0306. The summed E-state index contributed by atoms with van der Waals surface area (Å²) in [5, 5.41) is 12.2. The van der Waals surface area contributed by atoms with Gasteiger partial charge in [0.2, 0.25) is 0 Å². The number of nitrogens with zero attached hydrogens (tertiary/aromatic N) is 1. The summed E-state index contributed by atoms with van der Waals surface area (Å²) >= 11 is 0. The first kappa shape index (κ1) is 17.4. The molecule has 0 aromatic heterocycles. The molecule has 1 aliphatic heterocycles. The molecule has 1 saturated heterocycles. The van der Waals surface area contributed by atoms with Gasteiger partial charge in [-0.05, 0) is 49.2 Å². The van der Waals surface area contributed by atoms with Gasteiger partial charge in [0.1, 0.15) is 17.4 Å². The number of halogens is 2. The number of rotatable bonds is 4. The maximum Gasteiger partial charge on any atom is 0.251 e. The minimum Gasteiger partial charge on any atom is -0.508 e. The van der Waals surface area contributed by atoms with Gasteiger partial charge in [-0.1, -0.05) is 6.07 Å². The number of amides is 1. The van der Waals surface area contributed by atoms with E-state index >= 15 is 0 Å². The Hall–Kier alpha value is -2.47. The molecule has 3 rings (SSSR count). The van der Waals surface area contributed by atoms with Gasteiger partial charge in [0.15, 0.2) is 0 Å². The molecular weight excluding hydrogens is 326 g/mol. The van der Waals surface area contributed by atoms with Gasteiger partial charge in [0, 0.05) is 36.8 Å².